The first kappa shape index (κ1) is 20.7. The van der Waals surface area contributed by atoms with Gasteiger partial charge in [-0.1, -0.05) is 30.3 Å². The molecule has 3 heterocycles. The van der Waals surface area contributed by atoms with Crippen LogP contribution in [-0.2, 0) is 4.79 Å². The van der Waals surface area contributed by atoms with E-state index in [0.717, 1.165) is 48.9 Å². The van der Waals surface area contributed by atoms with Crippen LogP contribution in [0.25, 0.3) is 10.9 Å². The minimum absolute atomic E-state index is 0.0689. The van der Waals surface area contributed by atoms with Crippen LogP contribution >= 0.6 is 0 Å². The molecule has 2 aromatic carbocycles. The fourth-order valence-electron chi connectivity index (χ4n) is 5.23. The number of benzene rings is 2. The number of likely N-dealkylation sites (tertiary alicyclic amines) is 1. The number of nitrogens with one attached hydrogen (secondary N) is 3. The van der Waals surface area contributed by atoms with Crippen LogP contribution in [0.5, 0.6) is 0 Å². The monoisotopic (exact) mass is 434 g/mol. The first-order chi connectivity index (χ1) is 15.5. The van der Waals surface area contributed by atoms with E-state index in [1.807, 2.05) is 30.3 Å². The zero-order valence-electron chi connectivity index (χ0n) is 17.9. The standard InChI is InChI=1S/C25H27FN4O2/c26-19-7-5-17(6-8-19)20-16-28-24(32)25(20)9-12-30(13-10-25)14-11-27-23(31)22-15-18-3-1-2-4-21(18)29-22/h1-8,15,20,29H,9-14,16H2,(H,27,31)(H,28,32)/t20-/m0/s1. The van der Waals surface area contributed by atoms with Crippen molar-refractivity contribution in [3.05, 3.63) is 71.7 Å². The van der Waals surface area contributed by atoms with Crippen molar-refractivity contribution < 1.29 is 14.0 Å². The number of fused-ring (bicyclic) bond motifs is 1. The number of carbonyl (C=O) groups is 2. The van der Waals surface area contributed by atoms with Crippen molar-refractivity contribution in [1.82, 2.24) is 20.5 Å². The van der Waals surface area contributed by atoms with Gasteiger partial charge in [0.1, 0.15) is 11.5 Å². The predicted molar refractivity (Wildman–Crippen MR) is 121 cm³/mol. The number of halogens is 1. The number of amides is 2. The highest BCUT2D eigenvalue weighted by Crippen LogP contribution is 2.47. The average molecular weight is 435 g/mol. The number of nitrogens with zero attached hydrogens (tertiary/aromatic N) is 1. The Labute approximate surface area is 186 Å². The fraction of sp³-hybridized carbons (Fsp3) is 0.360. The molecule has 0 radical (unpaired) electrons. The summed E-state index contributed by atoms with van der Waals surface area (Å²) in [6.07, 6.45) is 1.52. The molecular formula is C25H27FN4O2. The van der Waals surface area contributed by atoms with Gasteiger partial charge in [0, 0.05) is 36.5 Å². The normalized spacial score (nSPS) is 20.5. The first-order valence-electron chi connectivity index (χ1n) is 11.2. The van der Waals surface area contributed by atoms with Crippen molar-refractivity contribution in [2.45, 2.75) is 18.8 Å². The zero-order chi connectivity index (χ0) is 22.1. The average Bonchev–Trinajstić information content (AvgIpc) is 3.38. The Balaban J connectivity index is 1.16. The molecule has 3 aromatic rings. The molecule has 0 saturated carbocycles. The Morgan fingerprint density at radius 1 is 1.12 bits per heavy atom. The molecule has 5 rings (SSSR count). The number of hydrogen-bond acceptors (Lipinski definition) is 3. The molecule has 2 saturated heterocycles. The minimum Gasteiger partial charge on any atom is -0.355 e. The van der Waals surface area contributed by atoms with E-state index in [0.29, 0.717) is 18.8 Å². The second kappa shape index (κ2) is 8.39. The SMILES string of the molecule is O=C(NCCN1CCC2(CC1)C(=O)NC[C@H]2c1ccc(F)cc1)c1cc2ccccc2[nH]1. The van der Waals surface area contributed by atoms with Crippen LogP contribution in [0.15, 0.2) is 54.6 Å². The maximum absolute atomic E-state index is 13.4. The largest absolute Gasteiger partial charge is 0.355 e. The topological polar surface area (TPSA) is 77.2 Å². The highest BCUT2D eigenvalue weighted by molar-refractivity contribution is 5.97. The molecule has 7 heteroatoms. The number of para-hydroxylation sites is 1. The highest BCUT2D eigenvalue weighted by atomic mass is 19.1. The van der Waals surface area contributed by atoms with Gasteiger partial charge in [-0.05, 0) is 55.8 Å². The maximum atomic E-state index is 13.4. The lowest BCUT2D eigenvalue weighted by molar-refractivity contribution is -0.130. The van der Waals surface area contributed by atoms with Gasteiger partial charge in [0.05, 0.1) is 5.41 Å². The summed E-state index contributed by atoms with van der Waals surface area (Å²) in [7, 11) is 0. The summed E-state index contributed by atoms with van der Waals surface area (Å²) in [5.74, 6) is -0.191. The quantitative estimate of drug-likeness (QED) is 0.578. The second-order valence-corrected chi connectivity index (χ2v) is 8.84. The van der Waals surface area contributed by atoms with Crippen LogP contribution in [0.1, 0.15) is 34.8 Å². The van der Waals surface area contributed by atoms with E-state index >= 15 is 0 Å². The molecule has 2 fully saturated rings. The summed E-state index contributed by atoms with van der Waals surface area (Å²) in [6.45, 7) is 3.49. The molecule has 0 unspecified atom stereocenters. The van der Waals surface area contributed by atoms with Gasteiger partial charge < -0.3 is 20.5 Å². The van der Waals surface area contributed by atoms with Crippen molar-refractivity contribution in [3.63, 3.8) is 0 Å². The molecule has 1 aromatic heterocycles. The van der Waals surface area contributed by atoms with E-state index < -0.39 is 5.41 Å². The summed E-state index contributed by atoms with van der Waals surface area (Å²) in [6, 6.07) is 16.2. The molecule has 2 aliphatic rings. The number of aromatic nitrogens is 1. The van der Waals surface area contributed by atoms with Gasteiger partial charge in [-0.25, -0.2) is 4.39 Å². The number of hydrogen-bond donors (Lipinski definition) is 3. The van der Waals surface area contributed by atoms with Crippen molar-refractivity contribution in [2.75, 3.05) is 32.7 Å². The lowest BCUT2D eigenvalue weighted by Gasteiger charge is -2.41. The number of rotatable bonds is 5. The van der Waals surface area contributed by atoms with E-state index in [9.17, 15) is 14.0 Å². The summed E-state index contributed by atoms with van der Waals surface area (Å²) in [4.78, 5) is 30.7. The Hall–Kier alpha value is -3.19. The van der Waals surface area contributed by atoms with Crippen LogP contribution in [0.3, 0.4) is 0 Å². The summed E-state index contributed by atoms with van der Waals surface area (Å²) >= 11 is 0. The van der Waals surface area contributed by atoms with Gasteiger partial charge in [0.2, 0.25) is 5.91 Å². The van der Waals surface area contributed by atoms with Crippen molar-refractivity contribution in [1.29, 1.82) is 0 Å². The summed E-state index contributed by atoms with van der Waals surface area (Å²) < 4.78 is 13.4. The lowest BCUT2D eigenvalue weighted by Crippen LogP contribution is -2.47. The molecule has 1 atom stereocenters. The summed E-state index contributed by atoms with van der Waals surface area (Å²) in [5.41, 5.74) is 2.10. The van der Waals surface area contributed by atoms with E-state index in [4.69, 9.17) is 0 Å². The van der Waals surface area contributed by atoms with Crippen LogP contribution in [-0.4, -0.2) is 54.4 Å². The predicted octanol–water partition coefficient (Wildman–Crippen LogP) is 3.03. The fourth-order valence-corrected chi connectivity index (χ4v) is 5.23. The number of piperidine rings is 1. The maximum Gasteiger partial charge on any atom is 0.267 e. The van der Waals surface area contributed by atoms with Gasteiger partial charge in [-0.3, -0.25) is 9.59 Å². The Kier molecular flexibility index (Phi) is 5.43. The molecular weight excluding hydrogens is 407 g/mol. The van der Waals surface area contributed by atoms with Gasteiger partial charge in [-0.2, -0.15) is 0 Å². The van der Waals surface area contributed by atoms with Crippen LogP contribution in [0, 0.1) is 11.2 Å². The molecule has 2 aliphatic heterocycles. The van der Waals surface area contributed by atoms with E-state index in [2.05, 4.69) is 20.5 Å². The Morgan fingerprint density at radius 2 is 1.88 bits per heavy atom. The van der Waals surface area contributed by atoms with Crippen LogP contribution in [0.2, 0.25) is 0 Å². The van der Waals surface area contributed by atoms with Crippen molar-refractivity contribution in [3.8, 4) is 0 Å². The van der Waals surface area contributed by atoms with Crippen LogP contribution < -0.4 is 10.6 Å². The van der Waals surface area contributed by atoms with Crippen molar-refractivity contribution in [2.24, 2.45) is 5.41 Å². The molecule has 0 aliphatic carbocycles. The third-order valence-electron chi connectivity index (χ3n) is 7.09. The minimum atomic E-state index is -0.429. The highest BCUT2D eigenvalue weighted by Gasteiger charge is 2.51. The third kappa shape index (κ3) is 3.77. The lowest BCUT2D eigenvalue weighted by atomic mass is 9.68. The molecule has 6 nitrogen and oxygen atoms in total. The molecule has 3 N–H and O–H groups in total. The van der Waals surface area contributed by atoms with Crippen molar-refractivity contribution >= 4 is 22.7 Å². The van der Waals surface area contributed by atoms with Gasteiger partial charge in [0.25, 0.3) is 5.91 Å². The zero-order valence-corrected chi connectivity index (χ0v) is 17.9. The van der Waals surface area contributed by atoms with Crippen LogP contribution in [0.4, 0.5) is 4.39 Å². The Bertz CT molecular complexity index is 1100. The van der Waals surface area contributed by atoms with Gasteiger partial charge in [0.15, 0.2) is 0 Å². The number of carbonyl (C=O) groups excluding carboxylic acids is 2. The van der Waals surface area contributed by atoms with E-state index in [1.165, 1.54) is 12.1 Å². The second-order valence-electron chi connectivity index (χ2n) is 8.84. The van der Waals surface area contributed by atoms with Gasteiger partial charge >= 0.3 is 0 Å². The van der Waals surface area contributed by atoms with Gasteiger partial charge in [-0.15, -0.1) is 0 Å². The first-order valence-corrected chi connectivity index (χ1v) is 11.2. The smallest absolute Gasteiger partial charge is 0.267 e. The molecule has 1 spiro atoms. The van der Waals surface area contributed by atoms with E-state index in [-0.39, 0.29) is 23.5 Å². The number of H-pyrrole nitrogens is 1. The Morgan fingerprint density at radius 3 is 2.62 bits per heavy atom. The molecule has 166 valence electrons. The number of aromatic amines is 1. The van der Waals surface area contributed by atoms with E-state index in [1.54, 1.807) is 12.1 Å². The molecule has 2 amide bonds. The molecule has 0 bridgehead atoms. The molecule has 32 heavy (non-hydrogen) atoms. The third-order valence-corrected chi connectivity index (χ3v) is 7.09. The summed E-state index contributed by atoms with van der Waals surface area (Å²) in [5, 5.41) is 7.04.